The largest absolute Gasteiger partial charge is 0.497 e. The molecule has 2 heteroatoms. The highest BCUT2D eigenvalue weighted by molar-refractivity contribution is 5.45. The molecule has 1 saturated carbocycles. The molecule has 0 spiro atoms. The SMILES string of the molecule is COc1ccc2c(c1)C13CCCCC1C(C2)[N+](C)(C(C)C)CC3. The van der Waals surface area contributed by atoms with Gasteiger partial charge in [-0.05, 0) is 49.9 Å². The van der Waals surface area contributed by atoms with Gasteiger partial charge in [0.15, 0.2) is 0 Å². The lowest BCUT2D eigenvalue weighted by atomic mass is 9.51. The van der Waals surface area contributed by atoms with Gasteiger partial charge in [0.25, 0.3) is 0 Å². The Kier molecular flexibility index (Phi) is 3.53. The molecule has 126 valence electrons. The Hall–Kier alpha value is -1.02. The molecular weight excluding hydrogens is 282 g/mol. The van der Waals surface area contributed by atoms with Crippen molar-refractivity contribution in [3.63, 3.8) is 0 Å². The predicted octanol–water partition coefficient (Wildman–Crippen LogP) is 4.31. The molecule has 1 aliphatic heterocycles. The minimum atomic E-state index is 0.442. The molecule has 2 bridgehead atoms. The quantitative estimate of drug-likeness (QED) is 0.739. The van der Waals surface area contributed by atoms with E-state index in [1.54, 1.807) is 18.2 Å². The molecule has 0 N–H and O–H groups in total. The van der Waals surface area contributed by atoms with Crippen molar-refractivity contribution in [1.29, 1.82) is 0 Å². The molecule has 3 aliphatic rings. The van der Waals surface area contributed by atoms with Crippen molar-refractivity contribution in [3.8, 4) is 5.75 Å². The van der Waals surface area contributed by atoms with E-state index in [2.05, 4.69) is 39.1 Å². The maximum absolute atomic E-state index is 5.57. The smallest absolute Gasteiger partial charge is 0.119 e. The van der Waals surface area contributed by atoms with Gasteiger partial charge in [0.1, 0.15) is 5.75 Å². The zero-order valence-electron chi connectivity index (χ0n) is 15.3. The van der Waals surface area contributed by atoms with Crippen LogP contribution in [0.2, 0.25) is 0 Å². The maximum atomic E-state index is 5.57. The topological polar surface area (TPSA) is 9.23 Å². The standard InChI is InChI=1S/C21H32NO/c1-15(2)22(3)12-11-21-10-6-5-7-18(21)20(22)13-16-8-9-17(23-4)14-19(16)21/h8-9,14-15,18,20H,5-7,10-13H2,1-4H3/q+1. The molecule has 0 aromatic heterocycles. The molecular formula is C21H32NO+. The first kappa shape index (κ1) is 15.5. The van der Waals surface area contributed by atoms with E-state index >= 15 is 0 Å². The first-order valence-corrected chi connectivity index (χ1v) is 9.53. The van der Waals surface area contributed by atoms with Crippen LogP contribution in [0.3, 0.4) is 0 Å². The number of methoxy groups -OCH3 is 1. The Morgan fingerprint density at radius 3 is 2.78 bits per heavy atom. The number of hydrogen-bond donors (Lipinski definition) is 0. The fourth-order valence-corrected chi connectivity index (χ4v) is 6.17. The summed E-state index contributed by atoms with van der Waals surface area (Å²) in [5, 5.41) is 0. The zero-order valence-corrected chi connectivity index (χ0v) is 15.3. The molecule has 1 aromatic rings. The third kappa shape index (κ3) is 2.03. The maximum Gasteiger partial charge on any atom is 0.119 e. The minimum Gasteiger partial charge on any atom is -0.497 e. The summed E-state index contributed by atoms with van der Waals surface area (Å²) in [7, 11) is 4.33. The summed E-state index contributed by atoms with van der Waals surface area (Å²) < 4.78 is 6.85. The fourth-order valence-electron chi connectivity index (χ4n) is 6.17. The average Bonchev–Trinajstić information content (AvgIpc) is 2.57. The first-order chi connectivity index (χ1) is 11.0. The summed E-state index contributed by atoms with van der Waals surface area (Å²) >= 11 is 0. The Balaban J connectivity index is 1.87. The molecule has 1 heterocycles. The van der Waals surface area contributed by atoms with Gasteiger partial charge in [0.05, 0.1) is 32.8 Å². The van der Waals surface area contributed by atoms with Gasteiger partial charge in [-0.2, -0.15) is 0 Å². The highest BCUT2D eigenvalue weighted by atomic mass is 16.5. The number of piperidine rings is 1. The number of benzene rings is 1. The highest BCUT2D eigenvalue weighted by Gasteiger charge is 2.59. The Bertz CT molecular complexity index is 610. The van der Waals surface area contributed by atoms with Crippen molar-refractivity contribution in [1.82, 2.24) is 0 Å². The van der Waals surface area contributed by atoms with Gasteiger partial charge in [0, 0.05) is 24.2 Å². The first-order valence-electron chi connectivity index (χ1n) is 9.53. The van der Waals surface area contributed by atoms with Crippen LogP contribution in [0.15, 0.2) is 18.2 Å². The second-order valence-corrected chi connectivity index (χ2v) is 8.72. The number of nitrogens with zero attached hydrogens (tertiary/aromatic N) is 1. The Labute approximate surface area is 141 Å². The average molecular weight is 314 g/mol. The van der Waals surface area contributed by atoms with E-state index in [-0.39, 0.29) is 0 Å². The van der Waals surface area contributed by atoms with Gasteiger partial charge < -0.3 is 9.22 Å². The summed E-state index contributed by atoms with van der Waals surface area (Å²) in [5.74, 6) is 1.92. The fraction of sp³-hybridized carbons (Fsp3) is 0.714. The van der Waals surface area contributed by atoms with Gasteiger partial charge in [-0.15, -0.1) is 0 Å². The number of likely N-dealkylation sites (tertiary alicyclic amines) is 1. The molecule has 0 amide bonds. The number of hydrogen-bond acceptors (Lipinski definition) is 1. The molecule has 0 radical (unpaired) electrons. The molecule has 2 nitrogen and oxygen atoms in total. The summed E-state index contributed by atoms with van der Waals surface area (Å²) in [5.41, 5.74) is 3.70. The van der Waals surface area contributed by atoms with Crippen LogP contribution in [0.5, 0.6) is 5.75 Å². The lowest BCUT2D eigenvalue weighted by Gasteiger charge is -2.62. The molecule has 4 unspecified atom stereocenters. The molecule has 2 fully saturated rings. The number of fused-ring (bicyclic) bond motifs is 1. The van der Waals surface area contributed by atoms with Crippen molar-refractivity contribution in [2.45, 2.75) is 69.9 Å². The van der Waals surface area contributed by atoms with Crippen LogP contribution in [0, 0.1) is 5.92 Å². The lowest BCUT2D eigenvalue weighted by molar-refractivity contribution is -0.963. The van der Waals surface area contributed by atoms with Gasteiger partial charge in [0.2, 0.25) is 0 Å². The summed E-state index contributed by atoms with van der Waals surface area (Å²) in [4.78, 5) is 0. The van der Waals surface area contributed by atoms with Crippen LogP contribution in [-0.4, -0.2) is 37.3 Å². The Morgan fingerprint density at radius 2 is 2.04 bits per heavy atom. The van der Waals surface area contributed by atoms with Crippen LogP contribution in [0.1, 0.15) is 57.1 Å². The van der Waals surface area contributed by atoms with E-state index < -0.39 is 0 Å². The predicted molar refractivity (Wildman–Crippen MR) is 94.9 cm³/mol. The van der Waals surface area contributed by atoms with Crippen LogP contribution >= 0.6 is 0 Å². The van der Waals surface area contributed by atoms with Gasteiger partial charge in [-0.25, -0.2) is 0 Å². The number of ether oxygens (including phenoxy) is 1. The minimum absolute atomic E-state index is 0.442. The van der Waals surface area contributed by atoms with Crippen molar-refractivity contribution in [3.05, 3.63) is 29.3 Å². The van der Waals surface area contributed by atoms with Crippen molar-refractivity contribution in [2.75, 3.05) is 20.7 Å². The van der Waals surface area contributed by atoms with E-state index in [9.17, 15) is 0 Å². The third-order valence-corrected chi connectivity index (χ3v) is 7.82. The third-order valence-electron chi connectivity index (χ3n) is 7.82. The second kappa shape index (κ2) is 5.24. The van der Waals surface area contributed by atoms with Crippen molar-refractivity contribution < 1.29 is 9.22 Å². The molecule has 4 atom stereocenters. The summed E-state index contributed by atoms with van der Waals surface area (Å²) in [6, 6.07) is 8.46. The van der Waals surface area contributed by atoms with Crippen LogP contribution in [0.25, 0.3) is 0 Å². The van der Waals surface area contributed by atoms with Crippen molar-refractivity contribution >= 4 is 0 Å². The van der Waals surface area contributed by atoms with Crippen LogP contribution in [-0.2, 0) is 11.8 Å². The van der Waals surface area contributed by atoms with Gasteiger partial charge in [-0.1, -0.05) is 18.9 Å². The highest BCUT2D eigenvalue weighted by Crippen LogP contribution is 2.58. The van der Waals surface area contributed by atoms with Gasteiger partial charge >= 0.3 is 0 Å². The summed E-state index contributed by atoms with van der Waals surface area (Å²) in [6.07, 6.45) is 8.29. The number of quaternary nitrogens is 1. The molecule has 1 saturated heterocycles. The van der Waals surface area contributed by atoms with E-state index in [0.29, 0.717) is 5.41 Å². The molecule has 2 aliphatic carbocycles. The normalized spacial score (nSPS) is 38.8. The van der Waals surface area contributed by atoms with Crippen molar-refractivity contribution in [2.24, 2.45) is 5.92 Å². The van der Waals surface area contributed by atoms with Crippen LogP contribution in [0.4, 0.5) is 0 Å². The second-order valence-electron chi connectivity index (χ2n) is 8.72. The lowest BCUT2D eigenvalue weighted by Crippen LogP contribution is -2.70. The summed E-state index contributed by atoms with van der Waals surface area (Å²) in [6.45, 7) is 6.20. The van der Waals surface area contributed by atoms with E-state index in [1.807, 2.05) is 0 Å². The number of likely N-dealkylation sites (N-methyl/N-ethyl adjacent to an activating group) is 1. The van der Waals surface area contributed by atoms with Crippen LogP contribution < -0.4 is 4.74 Å². The molecule has 1 aromatic carbocycles. The monoisotopic (exact) mass is 314 g/mol. The zero-order chi connectivity index (χ0) is 16.2. The van der Waals surface area contributed by atoms with E-state index in [0.717, 1.165) is 23.8 Å². The van der Waals surface area contributed by atoms with E-state index in [4.69, 9.17) is 4.74 Å². The molecule has 4 rings (SSSR count). The number of rotatable bonds is 2. The van der Waals surface area contributed by atoms with E-state index in [1.165, 1.54) is 49.6 Å². The Morgan fingerprint density at radius 1 is 1.22 bits per heavy atom. The molecule has 23 heavy (non-hydrogen) atoms. The van der Waals surface area contributed by atoms with Gasteiger partial charge in [-0.3, -0.25) is 0 Å².